The Labute approximate surface area is 57.1 Å². The van der Waals surface area contributed by atoms with Crippen molar-refractivity contribution in [3.05, 3.63) is 10.4 Å². The third-order valence-electron chi connectivity index (χ3n) is 0.926. The highest BCUT2D eigenvalue weighted by atomic mass is 35.5. The summed E-state index contributed by atoms with van der Waals surface area (Å²) < 4.78 is 0.752. The molecule has 1 unspecified atom stereocenters. The maximum Gasteiger partial charge on any atom is 0.133 e. The maximum absolute atomic E-state index is 10.0. The Morgan fingerprint density at radius 2 is 2.75 bits per heavy atom. The molecule has 3 heteroatoms. The van der Waals surface area contributed by atoms with Crippen molar-refractivity contribution in [2.24, 2.45) is 0 Å². The highest BCUT2D eigenvalue weighted by molar-refractivity contribution is 8.05. The smallest absolute Gasteiger partial charge is 0.133 e. The molecule has 0 saturated heterocycles. The first-order valence-electron chi connectivity index (χ1n) is 2.30. The molecular weight excluding hydrogens is 144 g/mol. The molecule has 0 amide bonds. The van der Waals surface area contributed by atoms with Gasteiger partial charge in [-0.25, -0.2) is 0 Å². The second-order valence-corrected chi connectivity index (χ2v) is 3.45. The molecule has 0 spiro atoms. The molecule has 0 aromatic heterocycles. The van der Waals surface area contributed by atoms with Crippen LogP contribution in [0.1, 0.15) is 6.42 Å². The lowest BCUT2D eigenvalue weighted by molar-refractivity contribution is -0.107. The van der Waals surface area contributed by atoms with Crippen molar-refractivity contribution in [3.63, 3.8) is 0 Å². The Kier molecular flexibility index (Phi) is 1.97. The predicted octanol–water partition coefficient (Wildman–Crippen LogP) is 1.77. The minimum absolute atomic E-state index is 0.0856. The van der Waals surface area contributed by atoms with Crippen molar-refractivity contribution in [2.75, 3.05) is 0 Å². The minimum Gasteiger partial charge on any atom is -0.302 e. The summed E-state index contributed by atoms with van der Waals surface area (Å²) in [7, 11) is 0. The molecule has 0 aromatic rings. The average Bonchev–Trinajstić information content (AvgIpc) is 2.14. The molecule has 1 rings (SSSR count). The third-order valence-corrected chi connectivity index (χ3v) is 2.35. The SMILES string of the molecule is O=CC1CC=C(Cl)S1. The van der Waals surface area contributed by atoms with E-state index in [1.54, 1.807) is 0 Å². The molecule has 1 nitrogen and oxygen atoms in total. The number of hydrogen-bond acceptors (Lipinski definition) is 2. The minimum atomic E-state index is 0.0856. The van der Waals surface area contributed by atoms with Crippen LogP contribution in [0, 0.1) is 0 Å². The van der Waals surface area contributed by atoms with Crippen molar-refractivity contribution < 1.29 is 4.79 Å². The van der Waals surface area contributed by atoms with Crippen LogP contribution >= 0.6 is 23.4 Å². The van der Waals surface area contributed by atoms with Gasteiger partial charge >= 0.3 is 0 Å². The summed E-state index contributed by atoms with van der Waals surface area (Å²) in [6.07, 6.45) is 3.59. The molecule has 0 N–H and O–H groups in total. The highest BCUT2D eigenvalue weighted by Crippen LogP contribution is 2.33. The van der Waals surface area contributed by atoms with Gasteiger partial charge in [-0.1, -0.05) is 17.7 Å². The Morgan fingerprint density at radius 1 is 2.00 bits per heavy atom. The molecule has 0 radical (unpaired) electrons. The van der Waals surface area contributed by atoms with E-state index in [1.807, 2.05) is 6.08 Å². The second-order valence-electron chi connectivity index (χ2n) is 1.54. The van der Waals surface area contributed by atoms with Gasteiger partial charge in [-0.3, -0.25) is 0 Å². The number of thioether (sulfide) groups is 1. The largest absolute Gasteiger partial charge is 0.302 e. The van der Waals surface area contributed by atoms with E-state index >= 15 is 0 Å². The first-order valence-corrected chi connectivity index (χ1v) is 3.56. The van der Waals surface area contributed by atoms with Gasteiger partial charge in [0.05, 0.1) is 9.61 Å². The molecule has 8 heavy (non-hydrogen) atoms. The quantitative estimate of drug-likeness (QED) is 0.528. The van der Waals surface area contributed by atoms with E-state index in [-0.39, 0.29) is 5.25 Å². The zero-order chi connectivity index (χ0) is 5.98. The van der Waals surface area contributed by atoms with Gasteiger partial charge in [0.1, 0.15) is 6.29 Å². The zero-order valence-electron chi connectivity index (χ0n) is 4.13. The molecule has 0 bridgehead atoms. The summed E-state index contributed by atoms with van der Waals surface area (Å²) in [6.45, 7) is 0. The Bertz CT molecular complexity index is 132. The molecular formula is C5H5ClOS. The fourth-order valence-corrected chi connectivity index (χ4v) is 1.70. The lowest BCUT2D eigenvalue weighted by atomic mass is 10.3. The van der Waals surface area contributed by atoms with Crippen LogP contribution in [0.4, 0.5) is 0 Å². The van der Waals surface area contributed by atoms with Gasteiger partial charge in [0.25, 0.3) is 0 Å². The number of rotatable bonds is 1. The molecule has 0 aliphatic carbocycles. The van der Waals surface area contributed by atoms with E-state index in [4.69, 9.17) is 11.6 Å². The Morgan fingerprint density at radius 3 is 3.00 bits per heavy atom. The Hall–Kier alpha value is 0.0500. The standard InChI is InChI=1S/C5H5ClOS/c6-5-2-1-4(3-7)8-5/h2-4H,1H2. The van der Waals surface area contributed by atoms with Gasteiger partial charge in [-0.15, -0.1) is 11.8 Å². The third kappa shape index (κ3) is 1.26. The molecule has 1 aliphatic rings. The van der Waals surface area contributed by atoms with Gasteiger partial charge in [0, 0.05) is 0 Å². The zero-order valence-corrected chi connectivity index (χ0v) is 5.71. The number of hydrogen-bond donors (Lipinski definition) is 0. The first kappa shape index (κ1) is 6.17. The predicted molar refractivity (Wildman–Crippen MR) is 36.0 cm³/mol. The molecule has 1 atom stereocenters. The van der Waals surface area contributed by atoms with E-state index in [9.17, 15) is 4.79 Å². The molecule has 1 aliphatic heterocycles. The monoisotopic (exact) mass is 148 g/mol. The van der Waals surface area contributed by atoms with Crippen molar-refractivity contribution in [3.8, 4) is 0 Å². The van der Waals surface area contributed by atoms with Crippen LogP contribution in [0.5, 0.6) is 0 Å². The normalized spacial score (nSPS) is 27.6. The van der Waals surface area contributed by atoms with Crippen LogP contribution in [0.15, 0.2) is 10.4 Å². The van der Waals surface area contributed by atoms with Gasteiger partial charge in [-0.2, -0.15) is 0 Å². The van der Waals surface area contributed by atoms with Crippen LogP contribution < -0.4 is 0 Å². The van der Waals surface area contributed by atoms with Gasteiger partial charge in [-0.05, 0) is 6.42 Å². The van der Waals surface area contributed by atoms with Crippen molar-refractivity contribution in [1.29, 1.82) is 0 Å². The van der Waals surface area contributed by atoms with Gasteiger partial charge in [0.15, 0.2) is 0 Å². The van der Waals surface area contributed by atoms with Crippen molar-refractivity contribution in [2.45, 2.75) is 11.7 Å². The van der Waals surface area contributed by atoms with Crippen LogP contribution in [0.2, 0.25) is 0 Å². The van der Waals surface area contributed by atoms with Crippen LogP contribution in [0.25, 0.3) is 0 Å². The van der Waals surface area contributed by atoms with E-state index in [0.717, 1.165) is 17.1 Å². The Balaban J connectivity index is 2.43. The van der Waals surface area contributed by atoms with E-state index < -0.39 is 0 Å². The molecule has 0 fully saturated rings. The molecule has 1 heterocycles. The van der Waals surface area contributed by atoms with E-state index in [2.05, 4.69) is 0 Å². The summed E-state index contributed by atoms with van der Waals surface area (Å²) in [5.74, 6) is 0. The van der Waals surface area contributed by atoms with Gasteiger partial charge < -0.3 is 4.79 Å². The number of aldehydes is 1. The lowest BCUT2D eigenvalue weighted by Gasteiger charge is -1.92. The maximum atomic E-state index is 10.0. The summed E-state index contributed by atoms with van der Waals surface area (Å²) >= 11 is 6.97. The molecule has 0 aromatic carbocycles. The van der Waals surface area contributed by atoms with Gasteiger partial charge in [0.2, 0.25) is 0 Å². The molecule has 0 saturated carbocycles. The number of halogens is 1. The summed E-state index contributed by atoms with van der Waals surface area (Å²) in [4.78, 5) is 10.0. The van der Waals surface area contributed by atoms with Crippen LogP contribution in [0.3, 0.4) is 0 Å². The number of carbonyl (C=O) groups is 1. The molecule has 44 valence electrons. The lowest BCUT2D eigenvalue weighted by Crippen LogP contribution is -1.95. The summed E-state index contributed by atoms with van der Waals surface area (Å²) in [5, 5.41) is 0.0856. The van der Waals surface area contributed by atoms with Crippen LogP contribution in [-0.4, -0.2) is 11.5 Å². The fraction of sp³-hybridized carbons (Fsp3) is 0.400. The second kappa shape index (κ2) is 2.55. The van der Waals surface area contributed by atoms with E-state index in [0.29, 0.717) is 0 Å². The summed E-state index contributed by atoms with van der Waals surface area (Å²) in [6, 6.07) is 0. The number of carbonyl (C=O) groups excluding carboxylic acids is 1. The average molecular weight is 149 g/mol. The summed E-state index contributed by atoms with van der Waals surface area (Å²) in [5.41, 5.74) is 0. The highest BCUT2D eigenvalue weighted by Gasteiger charge is 2.14. The van der Waals surface area contributed by atoms with E-state index in [1.165, 1.54) is 11.8 Å². The van der Waals surface area contributed by atoms with Crippen molar-refractivity contribution in [1.82, 2.24) is 0 Å². The fourth-order valence-electron chi connectivity index (χ4n) is 0.533. The van der Waals surface area contributed by atoms with Crippen molar-refractivity contribution >= 4 is 29.6 Å². The van der Waals surface area contributed by atoms with Crippen LogP contribution in [-0.2, 0) is 4.79 Å². The number of allylic oxidation sites excluding steroid dienone is 1. The topological polar surface area (TPSA) is 17.1 Å². The first-order chi connectivity index (χ1) is 3.83.